The highest BCUT2D eigenvalue weighted by atomic mass is 13.6. The Bertz CT molecular complexity index is 1260. The van der Waals surface area contributed by atoms with Crippen LogP contribution in [0, 0.1) is 143 Å². The number of rotatable bonds is 0. The molecule has 0 unspecified atom stereocenters. The van der Waals surface area contributed by atoms with Gasteiger partial charge in [-0.3, -0.25) is 0 Å². The zero-order chi connectivity index (χ0) is 19.0. The third kappa shape index (κ3) is 18.7. The largest absolute Gasteiger partial charge is 0.106 e. The molecule has 0 fully saturated rings. The van der Waals surface area contributed by atoms with E-state index < -0.39 is 0 Å². The smallest absolute Gasteiger partial charge is 0.00704 e. The topological polar surface area (TPSA) is 0 Å². The molecular formula is C26H6. The highest BCUT2D eigenvalue weighted by molar-refractivity contribution is 5.47. The summed E-state index contributed by atoms with van der Waals surface area (Å²) in [5, 5.41) is 0. The molecule has 26 heavy (non-hydrogen) atoms. The highest BCUT2D eigenvalue weighted by Crippen LogP contribution is 1.64. The summed E-state index contributed by atoms with van der Waals surface area (Å²) in [4.78, 5) is 0. The van der Waals surface area contributed by atoms with Gasteiger partial charge in [0.1, 0.15) is 0 Å². The van der Waals surface area contributed by atoms with Crippen LogP contribution >= 0.6 is 0 Å². The van der Waals surface area contributed by atoms with Crippen LogP contribution in [0.2, 0.25) is 0 Å². The van der Waals surface area contributed by atoms with Crippen molar-refractivity contribution in [3.8, 4) is 143 Å². The van der Waals surface area contributed by atoms with E-state index in [1.54, 1.807) is 0 Å². The molecule has 0 atom stereocenters. The third-order valence-corrected chi connectivity index (χ3v) is 1.59. The quantitative estimate of drug-likeness (QED) is 0.586. The van der Waals surface area contributed by atoms with Gasteiger partial charge in [0.2, 0.25) is 0 Å². The third-order valence-electron chi connectivity index (χ3n) is 1.59. The first-order chi connectivity index (χ1) is 12.9. The Kier molecular flexibility index (Phi) is 15.7. The van der Waals surface area contributed by atoms with E-state index in [-0.39, 0.29) is 0 Å². The maximum absolute atomic E-state index is 4.91. The van der Waals surface area contributed by atoms with Crippen LogP contribution in [0.25, 0.3) is 0 Å². The molecule has 0 spiro atoms. The van der Waals surface area contributed by atoms with Crippen molar-refractivity contribution in [3.05, 3.63) is 0 Å². The van der Waals surface area contributed by atoms with Gasteiger partial charge in [-0.2, -0.15) is 0 Å². The van der Waals surface area contributed by atoms with E-state index in [1.165, 1.54) is 0 Å². The molecular weight excluding hydrogens is 312 g/mol. The van der Waals surface area contributed by atoms with Crippen LogP contribution in [0.1, 0.15) is 13.3 Å². The van der Waals surface area contributed by atoms with Crippen molar-refractivity contribution in [1.82, 2.24) is 0 Å². The number of terminal acetylenes is 1. The summed E-state index contributed by atoms with van der Waals surface area (Å²) in [6, 6.07) is 0. The summed E-state index contributed by atoms with van der Waals surface area (Å²) in [6.45, 7) is 1.94. The van der Waals surface area contributed by atoms with Gasteiger partial charge >= 0.3 is 0 Å². The Morgan fingerprint density at radius 2 is 0.615 bits per heavy atom. The summed E-state index contributed by atoms with van der Waals surface area (Å²) in [5.74, 6) is 57.4. The lowest BCUT2D eigenvalue weighted by Gasteiger charge is -1.60. The van der Waals surface area contributed by atoms with Crippen molar-refractivity contribution < 1.29 is 0 Å². The normalized spacial score (nSPS) is 4.15. The standard InChI is InChI=1S/C26H6/c1-3-5-7-9-11-13-15-17-19-21-23-25-26-24-22-20-18-16-14-12-10-8-6-4-2/h1H,4H2,2H3. The monoisotopic (exact) mass is 318 g/mol. The van der Waals surface area contributed by atoms with Gasteiger partial charge in [-0.05, 0) is 94.7 Å². The van der Waals surface area contributed by atoms with E-state index in [1.807, 2.05) is 6.92 Å². The maximum Gasteiger partial charge on any atom is 0.00704 e. The van der Waals surface area contributed by atoms with Crippen LogP contribution in [0.3, 0.4) is 0 Å². The molecule has 0 heteroatoms. The Morgan fingerprint density at radius 3 is 0.846 bits per heavy atom. The van der Waals surface area contributed by atoms with E-state index in [4.69, 9.17) is 6.42 Å². The van der Waals surface area contributed by atoms with Crippen LogP contribution in [-0.4, -0.2) is 0 Å². The van der Waals surface area contributed by atoms with Crippen molar-refractivity contribution in [2.24, 2.45) is 0 Å². The first kappa shape index (κ1) is 20.7. The summed E-state index contributed by atoms with van der Waals surface area (Å²) < 4.78 is 0. The molecule has 0 saturated carbocycles. The second kappa shape index (κ2) is 19.7. The van der Waals surface area contributed by atoms with E-state index in [9.17, 15) is 0 Å². The van der Waals surface area contributed by atoms with Crippen LogP contribution in [0.15, 0.2) is 0 Å². The highest BCUT2D eigenvalue weighted by Gasteiger charge is 1.59. The Labute approximate surface area is 156 Å². The van der Waals surface area contributed by atoms with Gasteiger partial charge in [-0.15, -0.1) is 6.42 Å². The maximum atomic E-state index is 4.91. The fraction of sp³-hybridized carbons (Fsp3) is 0.0769. The number of hydrogen-bond acceptors (Lipinski definition) is 0. The van der Waals surface area contributed by atoms with E-state index in [0.717, 1.165) is 6.42 Å². The van der Waals surface area contributed by atoms with Crippen molar-refractivity contribution in [3.63, 3.8) is 0 Å². The van der Waals surface area contributed by atoms with Gasteiger partial charge < -0.3 is 0 Å². The second-order valence-corrected chi connectivity index (χ2v) is 3.30. The van der Waals surface area contributed by atoms with Gasteiger partial charge in [0.15, 0.2) is 0 Å². The fourth-order valence-electron chi connectivity index (χ4n) is 0.762. The van der Waals surface area contributed by atoms with Crippen molar-refractivity contribution >= 4 is 0 Å². The van der Waals surface area contributed by atoms with E-state index >= 15 is 0 Å². The van der Waals surface area contributed by atoms with Crippen molar-refractivity contribution in [1.29, 1.82) is 0 Å². The van der Waals surface area contributed by atoms with Crippen LogP contribution in [0.4, 0.5) is 0 Å². The first-order valence-electron chi connectivity index (χ1n) is 6.85. The van der Waals surface area contributed by atoms with E-state index in [2.05, 4.69) is 136 Å². The SMILES string of the molecule is C#CC#CC#CC#CC#CC#CC#CC#CC#CC#CC#CC#CCC. The van der Waals surface area contributed by atoms with Crippen molar-refractivity contribution in [2.45, 2.75) is 13.3 Å². The zero-order valence-electron chi connectivity index (χ0n) is 13.8. The van der Waals surface area contributed by atoms with Gasteiger partial charge in [0.25, 0.3) is 0 Å². The van der Waals surface area contributed by atoms with Gasteiger partial charge in [0, 0.05) is 41.9 Å². The molecule has 0 aromatic rings. The van der Waals surface area contributed by atoms with E-state index in [0.29, 0.717) is 0 Å². The zero-order valence-corrected chi connectivity index (χ0v) is 13.8. The molecule has 0 nitrogen and oxygen atoms in total. The number of hydrogen-bond donors (Lipinski definition) is 0. The predicted octanol–water partition coefficient (Wildman–Crippen LogP) is 1.07. The molecule has 0 aliphatic rings. The summed E-state index contributed by atoms with van der Waals surface area (Å²) in [7, 11) is 0. The van der Waals surface area contributed by atoms with Gasteiger partial charge in [-0.1, -0.05) is 12.8 Å². The molecule has 0 aromatic heterocycles. The minimum absolute atomic E-state index is 0.767. The Balaban J connectivity index is 4.40. The van der Waals surface area contributed by atoms with Crippen LogP contribution in [-0.2, 0) is 0 Å². The first-order valence-corrected chi connectivity index (χ1v) is 6.85. The fourth-order valence-corrected chi connectivity index (χ4v) is 0.762. The van der Waals surface area contributed by atoms with Crippen molar-refractivity contribution in [2.75, 3.05) is 0 Å². The molecule has 0 rings (SSSR count). The predicted molar refractivity (Wildman–Crippen MR) is 105 cm³/mol. The summed E-state index contributed by atoms with van der Waals surface area (Å²) in [6.07, 6.45) is 5.68. The van der Waals surface area contributed by atoms with Crippen LogP contribution < -0.4 is 0 Å². The lowest BCUT2D eigenvalue weighted by Crippen LogP contribution is -1.57. The molecule has 0 aromatic carbocycles. The van der Waals surface area contributed by atoms with Gasteiger partial charge in [-0.25, -0.2) is 0 Å². The average molecular weight is 318 g/mol. The Hall–Kier alpha value is -5.28. The summed E-state index contributed by atoms with van der Waals surface area (Å²) >= 11 is 0. The molecule has 0 heterocycles. The molecule has 0 amide bonds. The average Bonchev–Trinajstić information content (AvgIpc) is 2.66. The summed E-state index contributed by atoms with van der Waals surface area (Å²) in [5.41, 5.74) is 0. The second-order valence-electron chi connectivity index (χ2n) is 3.30. The molecule has 0 saturated heterocycles. The minimum Gasteiger partial charge on any atom is -0.106 e. The molecule has 0 bridgehead atoms. The minimum atomic E-state index is 0.767. The lowest BCUT2D eigenvalue weighted by molar-refractivity contribution is 1.28. The lowest BCUT2D eigenvalue weighted by atomic mass is 10.4. The molecule has 0 aliphatic heterocycles. The van der Waals surface area contributed by atoms with Crippen LogP contribution in [0.5, 0.6) is 0 Å². The molecule has 0 radical (unpaired) electrons. The molecule has 110 valence electrons. The molecule has 0 N–H and O–H groups in total. The van der Waals surface area contributed by atoms with Gasteiger partial charge in [0.05, 0.1) is 0 Å². The molecule has 0 aliphatic carbocycles. The Morgan fingerprint density at radius 1 is 0.385 bits per heavy atom.